The zero-order valence-corrected chi connectivity index (χ0v) is 24.3. The van der Waals surface area contributed by atoms with Gasteiger partial charge >= 0.3 is 72.8 Å². The van der Waals surface area contributed by atoms with Crippen molar-refractivity contribution in [1.82, 2.24) is 0 Å². The fourth-order valence-corrected chi connectivity index (χ4v) is 6.56. The van der Waals surface area contributed by atoms with Gasteiger partial charge in [-0.2, -0.15) is 58.9 Å². The Morgan fingerprint density at radius 2 is 0.310 bits per heavy atom. The molecule has 1 aliphatic carbocycles. The van der Waals surface area contributed by atoms with Crippen LogP contribution in [-0.2, 0) is 102 Å². The summed E-state index contributed by atoms with van der Waals surface area (Å²) in [5, 5.41) is 0. The van der Waals surface area contributed by atoms with Gasteiger partial charge in [-0.25, -0.2) is 29.3 Å². The van der Waals surface area contributed by atoms with Crippen LogP contribution in [0.5, 0.6) is 0 Å². The van der Waals surface area contributed by atoms with Gasteiger partial charge in [0, 0.05) is 0 Å². The highest BCUT2D eigenvalue weighted by atomic mass is 32.3. The molecule has 0 unspecified atom stereocenters. The van der Waals surface area contributed by atoms with Crippen molar-refractivity contribution in [2.45, 2.75) is 42.7 Å². The number of rotatable bonds is 14. The Balaban J connectivity index is 4.56. The molecule has 42 heavy (non-hydrogen) atoms. The summed E-state index contributed by atoms with van der Waals surface area (Å²) >= 11 is 0. The quantitative estimate of drug-likeness (QED) is 0.0639. The van der Waals surface area contributed by atoms with Gasteiger partial charge in [0.05, 0.1) is 0 Å². The van der Waals surface area contributed by atoms with Crippen molar-refractivity contribution >= 4 is 72.8 Å². The molecule has 0 saturated heterocycles. The van der Waals surface area contributed by atoms with Crippen molar-refractivity contribution in [3.63, 3.8) is 0 Å². The Morgan fingerprint density at radius 1 is 0.238 bits per heavy atom. The Hall–Kier alpha value is -0.910. The van der Waals surface area contributed by atoms with E-state index >= 15 is 0 Å². The zero-order chi connectivity index (χ0) is 33.5. The molecular weight excluding hydrogens is 757 g/mol. The predicted molar refractivity (Wildman–Crippen MR) is 115 cm³/mol. The Bertz CT molecular complexity index is 1360. The predicted octanol–water partition coefficient (Wildman–Crippen LogP) is -5.68. The molecule has 1 aliphatic rings. The van der Waals surface area contributed by atoms with Crippen LogP contribution in [-0.4, -0.2) is 134 Å². The first-order chi connectivity index (χ1) is 18.2. The minimum atomic E-state index is -6.32. The molecule has 0 heterocycles. The van der Waals surface area contributed by atoms with Crippen LogP contribution in [0.1, 0.15) is 0 Å². The second kappa shape index (κ2) is 12.8. The van der Waals surface area contributed by atoms with E-state index < -0.39 is 116 Å². The molecule has 0 amide bonds. The lowest BCUT2D eigenvalue weighted by molar-refractivity contribution is -0.0881. The van der Waals surface area contributed by atoms with Gasteiger partial charge in [-0.15, -0.1) is 0 Å². The first kappa shape index (κ1) is 39.1. The molecular formula is C7H14O28S7. The highest BCUT2D eigenvalue weighted by Gasteiger charge is 2.62. The summed E-state index contributed by atoms with van der Waals surface area (Å²) in [6.07, 6.45) is -26.6. The standard InChI is InChI=1S/C7H14O28S7/c8-36(9,10)29-1-2(30-37(11,12)13)4(32-39(17,18)19)6(34-41(23,24)25)7(35-42(26,27)28)5(33-40(20,21)22)3(1)31-38(14,15)16/h1-7H,(H,8,9,10)(H,11,12,13)(H,14,15,16)(H,17,18,19)(H,20,21,22)(H,23,24,25)(H,26,27,28). The molecule has 1 fully saturated rings. The Morgan fingerprint density at radius 3 is 0.357 bits per heavy atom. The zero-order valence-electron chi connectivity index (χ0n) is 18.6. The summed E-state index contributed by atoms with van der Waals surface area (Å²) < 4.78 is 251. The molecule has 28 nitrogen and oxygen atoms in total. The van der Waals surface area contributed by atoms with Crippen molar-refractivity contribution in [2.24, 2.45) is 0 Å². The minimum absolute atomic E-state index is 3.80. The molecule has 35 heteroatoms. The van der Waals surface area contributed by atoms with Crippen molar-refractivity contribution in [3.8, 4) is 0 Å². The molecule has 0 aromatic carbocycles. The lowest BCUT2D eigenvalue weighted by Gasteiger charge is -2.32. The monoisotopic (exact) mass is 770 g/mol. The average molecular weight is 771 g/mol. The topological polar surface area (TPSA) is 445 Å². The van der Waals surface area contributed by atoms with Crippen LogP contribution in [0, 0.1) is 0 Å². The van der Waals surface area contributed by atoms with Crippen LogP contribution in [0.2, 0.25) is 0 Å². The first-order valence-electron chi connectivity index (χ1n) is 8.76. The van der Waals surface area contributed by atoms with E-state index in [0.717, 1.165) is 0 Å². The van der Waals surface area contributed by atoms with Gasteiger partial charge in [0.2, 0.25) is 0 Å². The second-order valence-corrected chi connectivity index (χ2v) is 14.3. The smallest absolute Gasteiger partial charge is 0.264 e. The van der Waals surface area contributed by atoms with Gasteiger partial charge in [-0.3, -0.25) is 31.9 Å². The molecule has 1 rings (SSSR count). The van der Waals surface area contributed by atoms with Crippen molar-refractivity contribution in [2.75, 3.05) is 0 Å². The average Bonchev–Trinajstić information content (AvgIpc) is 2.68. The summed E-state index contributed by atoms with van der Waals surface area (Å²) in [6, 6.07) is 0. The van der Waals surface area contributed by atoms with Gasteiger partial charge < -0.3 is 0 Å². The molecule has 0 spiro atoms. The first-order valence-corrected chi connectivity index (χ1v) is 18.3. The third-order valence-corrected chi connectivity index (χ3v) is 7.15. The largest absolute Gasteiger partial charge is 0.397 e. The van der Waals surface area contributed by atoms with E-state index in [4.69, 9.17) is 31.9 Å². The van der Waals surface area contributed by atoms with E-state index in [-0.39, 0.29) is 0 Å². The number of hydrogen-bond donors (Lipinski definition) is 7. The fraction of sp³-hybridized carbons (Fsp3) is 1.00. The third-order valence-electron chi connectivity index (χ3n) is 3.90. The highest BCUT2D eigenvalue weighted by Crippen LogP contribution is 2.37. The van der Waals surface area contributed by atoms with Gasteiger partial charge in [0.15, 0.2) is 0 Å². The highest BCUT2D eigenvalue weighted by molar-refractivity contribution is 7.82. The van der Waals surface area contributed by atoms with Crippen LogP contribution >= 0.6 is 0 Å². The van der Waals surface area contributed by atoms with E-state index in [1.54, 1.807) is 0 Å². The third kappa shape index (κ3) is 14.7. The molecule has 0 atom stereocenters. The Kier molecular flexibility index (Phi) is 12.0. The van der Waals surface area contributed by atoms with E-state index in [0.29, 0.717) is 0 Å². The summed E-state index contributed by atoms with van der Waals surface area (Å²) in [4.78, 5) is 0. The maximum Gasteiger partial charge on any atom is 0.397 e. The Labute approximate surface area is 235 Å². The lowest BCUT2D eigenvalue weighted by atomic mass is 10.0. The summed E-state index contributed by atoms with van der Waals surface area (Å²) in [5.41, 5.74) is 0. The van der Waals surface area contributed by atoms with E-state index in [1.807, 2.05) is 0 Å². The van der Waals surface area contributed by atoms with Crippen LogP contribution < -0.4 is 0 Å². The van der Waals surface area contributed by atoms with E-state index in [2.05, 4.69) is 29.3 Å². The molecule has 252 valence electrons. The van der Waals surface area contributed by atoms with Crippen molar-refractivity contribution in [3.05, 3.63) is 0 Å². The van der Waals surface area contributed by atoms with Gasteiger partial charge in [-0.05, 0) is 0 Å². The van der Waals surface area contributed by atoms with Crippen molar-refractivity contribution < 1.29 is 120 Å². The molecule has 0 aromatic rings. The van der Waals surface area contributed by atoms with Crippen LogP contribution in [0.3, 0.4) is 0 Å². The van der Waals surface area contributed by atoms with Gasteiger partial charge in [-0.1, -0.05) is 0 Å². The SMILES string of the molecule is O=S(=O)(O)OC1C(OS(=O)(=O)O)C(OS(=O)(=O)O)C(OS(=O)(=O)O)C(OS(=O)(=O)O)C(OS(=O)(=O)O)C1OS(=O)(=O)O. The van der Waals surface area contributed by atoms with Crippen LogP contribution in [0.4, 0.5) is 0 Å². The van der Waals surface area contributed by atoms with Crippen LogP contribution in [0.15, 0.2) is 0 Å². The molecule has 0 radical (unpaired) electrons. The summed E-state index contributed by atoms with van der Waals surface area (Å²) in [5.74, 6) is 0. The lowest BCUT2D eigenvalue weighted by Crippen LogP contribution is -2.54. The molecule has 1 saturated carbocycles. The molecule has 7 N–H and O–H groups in total. The van der Waals surface area contributed by atoms with E-state index in [9.17, 15) is 58.9 Å². The van der Waals surface area contributed by atoms with Crippen molar-refractivity contribution in [1.29, 1.82) is 0 Å². The fourth-order valence-electron chi connectivity index (χ4n) is 3.06. The van der Waals surface area contributed by atoms with Crippen LogP contribution in [0.25, 0.3) is 0 Å². The maximum atomic E-state index is 11.5. The maximum absolute atomic E-state index is 11.5. The number of hydrogen-bond acceptors (Lipinski definition) is 21. The molecule has 0 aromatic heterocycles. The summed E-state index contributed by atoms with van der Waals surface area (Å²) in [6.45, 7) is 0. The molecule has 0 bridgehead atoms. The van der Waals surface area contributed by atoms with Gasteiger partial charge in [0.1, 0.15) is 42.7 Å². The summed E-state index contributed by atoms with van der Waals surface area (Å²) in [7, 11) is -44.2. The minimum Gasteiger partial charge on any atom is -0.264 e. The second-order valence-electron chi connectivity index (χ2n) is 6.92. The normalized spacial score (nSPS) is 29.2. The van der Waals surface area contributed by atoms with Gasteiger partial charge in [0.25, 0.3) is 0 Å². The van der Waals surface area contributed by atoms with E-state index in [1.165, 1.54) is 0 Å². The molecule has 0 aliphatic heterocycles.